The van der Waals surface area contributed by atoms with E-state index in [1.807, 2.05) is 19.1 Å². The molecule has 0 bridgehead atoms. The Hall–Kier alpha value is -1.29. The molecular weight excluding hydrogens is 238 g/mol. The van der Waals surface area contributed by atoms with E-state index in [4.69, 9.17) is 4.74 Å². The maximum atomic E-state index is 5.55. The summed E-state index contributed by atoms with van der Waals surface area (Å²) < 4.78 is 5.55. The van der Waals surface area contributed by atoms with Crippen molar-refractivity contribution in [3.63, 3.8) is 0 Å². The highest BCUT2D eigenvalue weighted by Gasteiger charge is 2.21. The Morgan fingerprint density at radius 3 is 2.79 bits per heavy atom. The number of nitrogens with zero attached hydrogens (tertiary/aromatic N) is 2. The predicted molar refractivity (Wildman–Crippen MR) is 78.8 cm³/mol. The van der Waals surface area contributed by atoms with Crippen molar-refractivity contribution in [3.05, 3.63) is 18.3 Å². The molecule has 1 aromatic rings. The minimum absolute atomic E-state index is 0.526. The summed E-state index contributed by atoms with van der Waals surface area (Å²) >= 11 is 0. The van der Waals surface area contributed by atoms with Crippen LogP contribution in [-0.2, 0) is 0 Å². The lowest BCUT2D eigenvalue weighted by Crippen LogP contribution is -2.42. The zero-order valence-electron chi connectivity index (χ0n) is 12.2. The van der Waals surface area contributed by atoms with Gasteiger partial charge in [0.25, 0.3) is 0 Å². The first-order valence-electron chi connectivity index (χ1n) is 7.29. The van der Waals surface area contributed by atoms with E-state index < -0.39 is 0 Å². The van der Waals surface area contributed by atoms with Gasteiger partial charge < -0.3 is 15.0 Å². The molecule has 1 N–H and O–H groups in total. The van der Waals surface area contributed by atoms with E-state index in [0.717, 1.165) is 11.6 Å². The van der Waals surface area contributed by atoms with E-state index in [9.17, 15) is 0 Å². The maximum absolute atomic E-state index is 5.55. The molecule has 0 atom stereocenters. The molecule has 0 aromatic carbocycles. The first-order chi connectivity index (χ1) is 9.20. The molecule has 2 heterocycles. The zero-order chi connectivity index (χ0) is 13.7. The summed E-state index contributed by atoms with van der Waals surface area (Å²) in [5.74, 6) is 0.719. The topological polar surface area (TPSA) is 37.4 Å². The van der Waals surface area contributed by atoms with Gasteiger partial charge in [-0.3, -0.25) is 0 Å². The average Bonchev–Trinajstić information content (AvgIpc) is 2.42. The summed E-state index contributed by atoms with van der Waals surface area (Å²) in [6.45, 7) is 9.50. The van der Waals surface area contributed by atoms with Gasteiger partial charge in [-0.1, -0.05) is 0 Å². The largest absolute Gasteiger partial charge is 0.476 e. The molecule has 1 fully saturated rings. The zero-order valence-corrected chi connectivity index (χ0v) is 12.2. The van der Waals surface area contributed by atoms with Gasteiger partial charge in [0.1, 0.15) is 0 Å². The van der Waals surface area contributed by atoms with Crippen molar-refractivity contribution in [2.24, 2.45) is 0 Å². The van der Waals surface area contributed by atoms with Crippen molar-refractivity contribution >= 4 is 5.69 Å². The van der Waals surface area contributed by atoms with Gasteiger partial charge in [-0.2, -0.15) is 0 Å². The van der Waals surface area contributed by atoms with Crippen LogP contribution in [0.15, 0.2) is 18.3 Å². The highest BCUT2D eigenvalue weighted by Crippen LogP contribution is 2.24. The second-order valence-corrected chi connectivity index (χ2v) is 5.34. The monoisotopic (exact) mass is 263 g/mol. The fourth-order valence-corrected chi connectivity index (χ4v) is 2.53. The number of pyridine rings is 1. The molecule has 4 heteroatoms. The summed E-state index contributed by atoms with van der Waals surface area (Å²) in [6, 6.07) is 5.18. The lowest BCUT2D eigenvalue weighted by atomic mass is 10.0. The van der Waals surface area contributed by atoms with Gasteiger partial charge in [0.2, 0.25) is 5.88 Å². The molecule has 1 aromatic heterocycles. The summed E-state index contributed by atoms with van der Waals surface area (Å²) in [4.78, 5) is 6.81. The van der Waals surface area contributed by atoms with Crippen molar-refractivity contribution in [1.29, 1.82) is 0 Å². The Bertz CT molecular complexity index is 387. The normalized spacial score (nSPS) is 17.7. The Balaban J connectivity index is 1.92. The smallest absolute Gasteiger partial charge is 0.237 e. The van der Waals surface area contributed by atoms with Gasteiger partial charge >= 0.3 is 0 Å². The molecule has 0 aliphatic carbocycles. The highest BCUT2D eigenvalue weighted by atomic mass is 16.5. The summed E-state index contributed by atoms with van der Waals surface area (Å²) in [5, 5.41) is 3.58. The third kappa shape index (κ3) is 3.83. The molecule has 1 aliphatic heterocycles. The van der Waals surface area contributed by atoms with Crippen LogP contribution in [0.2, 0.25) is 0 Å². The molecule has 2 rings (SSSR count). The van der Waals surface area contributed by atoms with Crippen LogP contribution in [0.1, 0.15) is 33.6 Å². The van der Waals surface area contributed by atoms with E-state index in [0.29, 0.717) is 18.7 Å². The van der Waals surface area contributed by atoms with Crippen LogP contribution >= 0.6 is 0 Å². The van der Waals surface area contributed by atoms with E-state index in [1.165, 1.54) is 25.9 Å². The molecule has 0 saturated carbocycles. The van der Waals surface area contributed by atoms with Crippen LogP contribution in [0.5, 0.6) is 5.88 Å². The lowest BCUT2D eigenvalue weighted by molar-refractivity contribution is 0.177. The molecule has 0 amide bonds. The number of likely N-dealkylation sites (tertiary alicyclic amines) is 1. The Morgan fingerprint density at radius 1 is 1.42 bits per heavy atom. The number of hydrogen-bond donors (Lipinski definition) is 1. The molecule has 4 nitrogen and oxygen atoms in total. The van der Waals surface area contributed by atoms with Crippen LogP contribution in [0.25, 0.3) is 0 Å². The number of rotatable bonds is 5. The second-order valence-electron chi connectivity index (χ2n) is 5.34. The summed E-state index contributed by atoms with van der Waals surface area (Å²) in [6.07, 6.45) is 4.13. The van der Waals surface area contributed by atoms with E-state index >= 15 is 0 Å². The Labute approximate surface area is 116 Å². The molecule has 0 unspecified atom stereocenters. The number of anilines is 1. The predicted octanol–water partition coefficient (Wildman–Crippen LogP) is 2.77. The fraction of sp³-hybridized carbons (Fsp3) is 0.667. The van der Waals surface area contributed by atoms with E-state index in [1.54, 1.807) is 6.20 Å². The van der Waals surface area contributed by atoms with Crippen LogP contribution < -0.4 is 10.1 Å². The number of hydrogen-bond acceptors (Lipinski definition) is 4. The molecule has 0 radical (unpaired) electrons. The Kier molecular flexibility index (Phi) is 5.02. The first kappa shape index (κ1) is 14.1. The summed E-state index contributed by atoms with van der Waals surface area (Å²) in [5.41, 5.74) is 1.02. The van der Waals surface area contributed by atoms with Crippen LogP contribution in [0, 0.1) is 0 Å². The van der Waals surface area contributed by atoms with Crippen molar-refractivity contribution in [3.8, 4) is 5.88 Å². The summed E-state index contributed by atoms with van der Waals surface area (Å²) in [7, 11) is 0. The molecule has 106 valence electrons. The molecule has 19 heavy (non-hydrogen) atoms. The van der Waals surface area contributed by atoms with Gasteiger partial charge in [0.15, 0.2) is 0 Å². The van der Waals surface area contributed by atoms with Crippen molar-refractivity contribution in [2.75, 3.05) is 25.0 Å². The maximum Gasteiger partial charge on any atom is 0.237 e. The van der Waals surface area contributed by atoms with Gasteiger partial charge in [0, 0.05) is 31.4 Å². The highest BCUT2D eigenvalue weighted by molar-refractivity contribution is 5.52. The van der Waals surface area contributed by atoms with Crippen molar-refractivity contribution < 1.29 is 4.74 Å². The van der Waals surface area contributed by atoms with Crippen LogP contribution in [0.4, 0.5) is 5.69 Å². The number of piperidine rings is 1. The SMILES string of the molecule is CCOc1ncccc1NC1CCN(C(C)C)CC1. The standard InChI is InChI=1S/C15H25N3O/c1-4-19-15-14(6-5-9-16-15)17-13-7-10-18(11-8-13)12(2)3/h5-6,9,12-13,17H,4,7-8,10-11H2,1-3H3. The van der Waals surface area contributed by atoms with Crippen LogP contribution in [0.3, 0.4) is 0 Å². The van der Waals surface area contributed by atoms with E-state index in [-0.39, 0.29) is 0 Å². The first-order valence-corrected chi connectivity index (χ1v) is 7.29. The lowest BCUT2D eigenvalue weighted by Gasteiger charge is -2.35. The van der Waals surface area contributed by atoms with Crippen molar-refractivity contribution in [2.45, 2.75) is 45.7 Å². The number of ether oxygens (including phenoxy) is 1. The van der Waals surface area contributed by atoms with Gasteiger partial charge in [-0.15, -0.1) is 0 Å². The van der Waals surface area contributed by atoms with Crippen molar-refractivity contribution in [1.82, 2.24) is 9.88 Å². The fourth-order valence-electron chi connectivity index (χ4n) is 2.53. The average molecular weight is 263 g/mol. The van der Waals surface area contributed by atoms with Gasteiger partial charge in [-0.05, 0) is 45.7 Å². The minimum atomic E-state index is 0.526. The number of aromatic nitrogens is 1. The quantitative estimate of drug-likeness (QED) is 0.886. The Morgan fingerprint density at radius 2 is 2.16 bits per heavy atom. The minimum Gasteiger partial charge on any atom is -0.476 e. The van der Waals surface area contributed by atoms with E-state index in [2.05, 4.69) is 29.0 Å². The molecular formula is C15H25N3O. The van der Waals surface area contributed by atoms with Gasteiger partial charge in [-0.25, -0.2) is 4.98 Å². The molecule has 0 spiro atoms. The van der Waals surface area contributed by atoms with Crippen LogP contribution in [-0.4, -0.2) is 41.7 Å². The molecule has 1 aliphatic rings. The second kappa shape index (κ2) is 6.75. The molecule has 1 saturated heterocycles. The third-order valence-electron chi connectivity index (χ3n) is 3.67. The third-order valence-corrected chi connectivity index (χ3v) is 3.67. The number of nitrogens with one attached hydrogen (secondary N) is 1. The van der Waals surface area contributed by atoms with Gasteiger partial charge in [0.05, 0.1) is 12.3 Å².